The van der Waals surface area contributed by atoms with Gasteiger partial charge in [-0.2, -0.15) is 5.10 Å². The number of hydrogen-bond donors (Lipinski definition) is 0. The molecule has 0 N–H and O–H groups in total. The lowest BCUT2D eigenvalue weighted by Gasteiger charge is -1.96. The van der Waals surface area contributed by atoms with Crippen molar-refractivity contribution in [2.45, 2.75) is 0 Å². The van der Waals surface area contributed by atoms with Gasteiger partial charge in [-0.1, -0.05) is 28.1 Å². The van der Waals surface area contributed by atoms with Gasteiger partial charge in [-0.15, -0.1) is 10.2 Å². The molecule has 2 heterocycles. The Morgan fingerprint density at radius 3 is 2.79 bits per heavy atom. The molecule has 0 atom stereocenters. The van der Waals surface area contributed by atoms with Crippen LogP contribution >= 0.6 is 15.9 Å². The summed E-state index contributed by atoms with van der Waals surface area (Å²) in [4.78, 5) is 0. The van der Waals surface area contributed by atoms with Crippen molar-refractivity contribution >= 4 is 22.1 Å². The van der Waals surface area contributed by atoms with Crippen LogP contribution < -0.4 is 0 Å². The average molecular weight is 317 g/mol. The fraction of sp³-hybridized carbons (Fsp3) is 0. The third-order valence-corrected chi connectivity index (χ3v) is 2.95. The number of halogens is 1. The van der Waals surface area contributed by atoms with E-state index in [1.54, 1.807) is 6.21 Å². The molecule has 0 fully saturated rings. The van der Waals surface area contributed by atoms with E-state index in [2.05, 4.69) is 31.2 Å². The molecule has 0 aliphatic carbocycles. The number of hydrogen-bond acceptors (Lipinski definition) is 4. The summed E-state index contributed by atoms with van der Waals surface area (Å²) in [5.74, 6) is 1.47. The molecule has 6 heteroatoms. The van der Waals surface area contributed by atoms with E-state index in [0.29, 0.717) is 5.76 Å². The molecule has 19 heavy (non-hydrogen) atoms. The molecule has 5 nitrogen and oxygen atoms in total. The molecule has 3 aromatic rings. The zero-order chi connectivity index (χ0) is 13.1. The highest BCUT2D eigenvalue weighted by atomic mass is 79.9. The second kappa shape index (κ2) is 5.19. The van der Waals surface area contributed by atoms with Gasteiger partial charge >= 0.3 is 0 Å². The third kappa shape index (κ3) is 2.79. The molecule has 3 rings (SSSR count). The summed E-state index contributed by atoms with van der Waals surface area (Å²) in [6.45, 7) is 0. The van der Waals surface area contributed by atoms with E-state index in [4.69, 9.17) is 4.42 Å². The van der Waals surface area contributed by atoms with Crippen LogP contribution in [0.1, 0.15) is 5.76 Å². The van der Waals surface area contributed by atoms with E-state index in [9.17, 15) is 0 Å². The minimum Gasteiger partial charge on any atom is -0.455 e. The zero-order valence-electron chi connectivity index (χ0n) is 9.77. The summed E-state index contributed by atoms with van der Waals surface area (Å²) in [7, 11) is 0. The summed E-state index contributed by atoms with van der Waals surface area (Å²) < 4.78 is 8.21. The summed E-state index contributed by atoms with van der Waals surface area (Å²) in [6.07, 6.45) is 4.63. The van der Waals surface area contributed by atoms with E-state index in [-0.39, 0.29) is 0 Å². The summed E-state index contributed by atoms with van der Waals surface area (Å²) >= 11 is 3.44. The molecule has 0 saturated heterocycles. The van der Waals surface area contributed by atoms with E-state index < -0.39 is 0 Å². The molecule has 0 saturated carbocycles. The van der Waals surface area contributed by atoms with E-state index in [1.165, 1.54) is 17.3 Å². The molecular weight excluding hydrogens is 308 g/mol. The number of aromatic nitrogens is 3. The Kier molecular flexibility index (Phi) is 3.24. The number of furan rings is 1. The second-order valence-electron chi connectivity index (χ2n) is 3.80. The van der Waals surface area contributed by atoms with Gasteiger partial charge in [0.05, 0.1) is 6.21 Å². The van der Waals surface area contributed by atoms with Gasteiger partial charge in [0.25, 0.3) is 0 Å². The molecule has 0 unspecified atom stereocenters. The van der Waals surface area contributed by atoms with Crippen molar-refractivity contribution in [2.24, 2.45) is 5.10 Å². The van der Waals surface area contributed by atoms with Crippen molar-refractivity contribution in [3.63, 3.8) is 0 Å². The highest BCUT2D eigenvalue weighted by molar-refractivity contribution is 9.10. The van der Waals surface area contributed by atoms with E-state index in [1.807, 2.05) is 36.4 Å². The molecule has 1 aromatic carbocycles. The van der Waals surface area contributed by atoms with Crippen LogP contribution in [0, 0.1) is 0 Å². The largest absolute Gasteiger partial charge is 0.455 e. The lowest BCUT2D eigenvalue weighted by molar-refractivity contribution is 0.574. The lowest BCUT2D eigenvalue weighted by atomic mass is 10.2. The molecule has 0 aliphatic rings. The highest BCUT2D eigenvalue weighted by Gasteiger charge is 2.03. The molecular formula is C13H9BrN4O. The standard InChI is InChI=1S/C13H9BrN4O/c14-11-3-1-2-10(6-11)13-5-4-12(19-13)7-17-18-8-15-16-9-18/h1-9H/b17-7-. The zero-order valence-corrected chi connectivity index (χ0v) is 11.4. The van der Waals surface area contributed by atoms with Crippen LogP contribution in [0.2, 0.25) is 0 Å². The highest BCUT2D eigenvalue weighted by Crippen LogP contribution is 2.24. The molecule has 94 valence electrons. The topological polar surface area (TPSA) is 56.2 Å². The fourth-order valence-corrected chi connectivity index (χ4v) is 2.00. The Morgan fingerprint density at radius 1 is 1.16 bits per heavy atom. The quantitative estimate of drug-likeness (QED) is 0.697. The van der Waals surface area contributed by atoms with E-state index in [0.717, 1.165) is 15.8 Å². The molecule has 0 bridgehead atoms. The van der Waals surface area contributed by atoms with Gasteiger partial charge in [0, 0.05) is 10.0 Å². The van der Waals surface area contributed by atoms with Crippen molar-refractivity contribution in [1.82, 2.24) is 14.9 Å². The fourth-order valence-electron chi connectivity index (χ4n) is 1.60. The van der Waals surface area contributed by atoms with Crippen molar-refractivity contribution < 1.29 is 4.42 Å². The average Bonchev–Trinajstić information content (AvgIpc) is 3.08. The van der Waals surface area contributed by atoms with Gasteiger partial charge in [0.15, 0.2) is 0 Å². The monoisotopic (exact) mass is 316 g/mol. The van der Waals surface area contributed by atoms with Crippen LogP contribution in [0.3, 0.4) is 0 Å². The molecule has 2 aromatic heterocycles. The van der Waals surface area contributed by atoms with Crippen LogP contribution in [0.4, 0.5) is 0 Å². The van der Waals surface area contributed by atoms with Gasteiger partial charge in [-0.05, 0) is 24.3 Å². The predicted molar refractivity (Wildman–Crippen MR) is 74.9 cm³/mol. The van der Waals surface area contributed by atoms with Crippen LogP contribution in [-0.2, 0) is 0 Å². The number of nitrogens with zero attached hydrogens (tertiary/aromatic N) is 4. The van der Waals surface area contributed by atoms with Crippen LogP contribution in [0.15, 0.2) is 63.0 Å². The smallest absolute Gasteiger partial charge is 0.147 e. The van der Waals surface area contributed by atoms with Gasteiger partial charge in [0.1, 0.15) is 24.2 Å². The number of benzene rings is 1. The summed E-state index contributed by atoms with van der Waals surface area (Å²) in [6, 6.07) is 11.7. The maximum atomic E-state index is 5.70. The number of rotatable bonds is 3. The Morgan fingerprint density at radius 2 is 2.00 bits per heavy atom. The third-order valence-electron chi connectivity index (χ3n) is 2.46. The first-order chi connectivity index (χ1) is 9.31. The van der Waals surface area contributed by atoms with E-state index >= 15 is 0 Å². The Hall–Kier alpha value is -2.21. The van der Waals surface area contributed by atoms with Crippen molar-refractivity contribution in [1.29, 1.82) is 0 Å². The van der Waals surface area contributed by atoms with Crippen LogP contribution in [0.5, 0.6) is 0 Å². The van der Waals surface area contributed by atoms with Crippen molar-refractivity contribution in [3.05, 3.63) is 59.3 Å². The maximum Gasteiger partial charge on any atom is 0.147 e. The van der Waals surface area contributed by atoms with Gasteiger partial charge in [-0.3, -0.25) is 0 Å². The lowest BCUT2D eigenvalue weighted by Crippen LogP contribution is -1.84. The first-order valence-corrected chi connectivity index (χ1v) is 6.35. The normalized spacial score (nSPS) is 11.2. The predicted octanol–water partition coefficient (Wildman–Crippen LogP) is 3.18. The minimum absolute atomic E-state index is 0.670. The summed E-state index contributed by atoms with van der Waals surface area (Å²) in [5, 5.41) is 11.4. The SMILES string of the molecule is Brc1cccc(-c2ccc(/C=N\n3cnnc3)o2)c1. The first-order valence-electron chi connectivity index (χ1n) is 5.56. The van der Waals surface area contributed by atoms with Gasteiger partial charge < -0.3 is 4.42 Å². The Balaban J connectivity index is 1.83. The van der Waals surface area contributed by atoms with Crippen LogP contribution in [-0.4, -0.2) is 21.1 Å². The van der Waals surface area contributed by atoms with Gasteiger partial charge in [-0.25, -0.2) is 4.68 Å². The molecule has 0 spiro atoms. The minimum atomic E-state index is 0.670. The summed E-state index contributed by atoms with van der Waals surface area (Å²) in [5.41, 5.74) is 1.01. The van der Waals surface area contributed by atoms with Crippen molar-refractivity contribution in [2.75, 3.05) is 0 Å². The van der Waals surface area contributed by atoms with Crippen LogP contribution in [0.25, 0.3) is 11.3 Å². The van der Waals surface area contributed by atoms with Gasteiger partial charge in [0.2, 0.25) is 0 Å². The molecule has 0 radical (unpaired) electrons. The Bertz CT molecular complexity index is 703. The van der Waals surface area contributed by atoms with Crippen molar-refractivity contribution in [3.8, 4) is 11.3 Å². The maximum absolute atomic E-state index is 5.70. The molecule has 0 amide bonds. The Labute approximate surface area is 117 Å². The second-order valence-corrected chi connectivity index (χ2v) is 4.71. The first kappa shape index (κ1) is 11.9. The molecule has 0 aliphatic heterocycles.